The van der Waals surface area contributed by atoms with Crippen LogP contribution in [0.15, 0.2) is 24.3 Å². The molecule has 4 rings (SSSR count). The van der Waals surface area contributed by atoms with Crippen molar-refractivity contribution in [2.24, 2.45) is 29.6 Å². The largest absolute Gasteiger partial charge is 0.251 e. The Balaban J connectivity index is 1.06. The zero-order valence-corrected chi connectivity index (χ0v) is 26.5. The standard InChI is InChI=1S/C39H65F/c1-2-3-4-7-10-13-32-15-19-34(20-16-32)36-23-27-38(28-24-36)39-29-25-37(26-30-39)35-21-17-33(18-22-35)14-11-8-5-6-9-12-31-40/h15-16,19-20,33,35-39H,2-14,17-18,21-31H2,1H3/t33-,35-,36-,37-,38-,39-. The molecule has 0 amide bonds. The second-order valence-electron chi connectivity index (χ2n) is 14.6. The van der Waals surface area contributed by atoms with Crippen LogP contribution in [0.25, 0.3) is 0 Å². The van der Waals surface area contributed by atoms with E-state index in [1.165, 1.54) is 135 Å². The highest BCUT2D eigenvalue weighted by Crippen LogP contribution is 2.47. The van der Waals surface area contributed by atoms with Gasteiger partial charge < -0.3 is 0 Å². The summed E-state index contributed by atoms with van der Waals surface area (Å²) >= 11 is 0. The Bertz CT molecular complexity index is 743. The molecule has 0 aliphatic heterocycles. The number of aryl methyl sites for hydroxylation is 1. The molecule has 3 aliphatic rings. The summed E-state index contributed by atoms with van der Waals surface area (Å²) in [6.07, 6.45) is 35.0. The molecule has 1 aromatic rings. The van der Waals surface area contributed by atoms with E-state index in [0.29, 0.717) is 0 Å². The minimum atomic E-state index is -0.124. The number of hydrogen-bond donors (Lipinski definition) is 0. The molecular weight excluding hydrogens is 487 g/mol. The quantitative estimate of drug-likeness (QED) is 0.169. The highest BCUT2D eigenvalue weighted by molar-refractivity contribution is 5.26. The maximum Gasteiger partial charge on any atom is 0.0894 e. The summed E-state index contributed by atoms with van der Waals surface area (Å²) < 4.78 is 12.2. The van der Waals surface area contributed by atoms with Crippen molar-refractivity contribution in [3.8, 4) is 0 Å². The minimum Gasteiger partial charge on any atom is -0.251 e. The van der Waals surface area contributed by atoms with Gasteiger partial charge in [-0.15, -0.1) is 0 Å². The van der Waals surface area contributed by atoms with Crippen LogP contribution in [0.1, 0.15) is 178 Å². The van der Waals surface area contributed by atoms with Gasteiger partial charge in [0.05, 0.1) is 6.67 Å². The Kier molecular flexibility index (Phi) is 14.9. The van der Waals surface area contributed by atoms with Crippen LogP contribution >= 0.6 is 0 Å². The first-order valence-corrected chi connectivity index (χ1v) is 18.4. The summed E-state index contributed by atoms with van der Waals surface area (Å²) in [6, 6.07) is 9.83. The van der Waals surface area contributed by atoms with Gasteiger partial charge in [0.2, 0.25) is 0 Å². The summed E-state index contributed by atoms with van der Waals surface area (Å²) in [4.78, 5) is 0. The van der Waals surface area contributed by atoms with E-state index in [1.54, 1.807) is 24.0 Å². The molecule has 3 saturated carbocycles. The molecule has 1 heteroatoms. The lowest BCUT2D eigenvalue weighted by molar-refractivity contribution is 0.108. The van der Waals surface area contributed by atoms with Crippen molar-refractivity contribution >= 4 is 0 Å². The molecule has 0 atom stereocenters. The van der Waals surface area contributed by atoms with Gasteiger partial charge in [-0.1, -0.05) is 108 Å². The van der Waals surface area contributed by atoms with Crippen molar-refractivity contribution in [3.63, 3.8) is 0 Å². The molecule has 40 heavy (non-hydrogen) atoms. The fourth-order valence-electron chi connectivity index (χ4n) is 9.08. The zero-order chi connectivity index (χ0) is 27.8. The van der Waals surface area contributed by atoms with Crippen LogP contribution in [-0.4, -0.2) is 6.67 Å². The zero-order valence-electron chi connectivity index (χ0n) is 26.5. The third kappa shape index (κ3) is 10.8. The lowest BCUT2D eigenvalue weighted by Crippen LogP contribution is -2.29. The molecule has 1 aromatic carbocycles. The van der Waals surface area contributed by atoms with Gasteiger partial charge in [-0.05, 0) is 130 Å². The van der Waals surface area contributed by atoms with Crippen molar-refractivity contribution in [3.05, 3.63) is 35.4 Å². The normalized spacial score (nSPS) is 29.4. The summed E-state index contributed by atoms with van der Waals surface area (Å²) in [5.74, 6) is 5.99. The van der Waals surface area contributed by atoms with Gasteiger partial charge >= 0.3 is 0 Å². The topological polar surface area (TPSA) is 0 Å². The Morgan fingerprint density at radius 2 is 1.00 bits per heavy atom. The predicted molar refractivity (Wildman–Crippen MR) is 173 cm³/mol. The number of rotatable bonds is 17. The van der Waals surface area contributed by atoms with Gasteiger partial charge in [-0.2, -0.15) is 0 Å². The van der Waals surface area contributed by atoms with Gasteiger partial charge in [-0.25, -0.2) is 0 Å². The summed E-state index contributed by atoms with van der Waals surface area (Å²) in [5, 5.41) is 0. The first-order valence-electron chi connectivity index (χ1n) is 18.4. The molecule has 0 spiro atoms. The number of hydrogen-bond acceptors (Lipinski definition) is 0. The van der Waals surface area contributed by atoms with Crippen molar-refractivity contribution in [2.75, 3.05) is 6.67 Å². The second-order valence-corrected chi connectivity index (χ2v) is 14.6. The van der Waals surface area contributed by atoms with Gasteiger partial charge in [-0.3, -0.25) is 4.39 Å². The van der Waals surface area contributed by atoms with Gasteiger partial charge in [0, 0.05) is 0 Å². The van der Waals surface area contributed by atoms with E-state index in [2.05, 4.69) is 31.2 Å². The minimum absolute atomic E-state index is 0.124. The maximum absolute atomic E-state index is 12.2. The smallest absolute Gasteiger partial charge is 0.0894 e. The summed E-state index contributed by atoms with van der Waals surface area (Å²) in [7, 11) is 0. The predicted octanol–water partition coefficient (Wildman–Crippen LogP) is 12.8. The van der Waals surface area contributed by atoms with E-state index in [0.717, 1.165) is 48.3 Å². The first kappa shape index (κ1) is 32.1. The Morgan fingerprint density at radius 3 is 1.57 bits per heavy atom. The van der Waals surface area contributed by atoms with Crippen LogP contribution in [-0.2, 0) is 6.42 Å². The third-order valence-electron chi connectivity index (χ3n) is 11.8. The number of alkyl halides is 1. The monoisotopic (exact) mass is 553 g/mol. The van der Waals surface area contributed by atoms with Crippen LogP contribution in [0, 0.1) is 29.6 Å². The van der Waals surface area contributed by atoms with E-state index < -0.39 is 0 Å². The summed E-state index contributed by atoms with van der Waals surface area (Å²) in [6.45, 7) is 2.18. The van der Waals surface area contributed by atoms with Crippen LogP contribution in [0.5, 0.6) is 0 Å². The molecular formula is C39H65F. The van der Waals surface area contributed by atoms with E-state index in [4.69, 9.17) is 0 Å². The van der Waals surface area contributed by atoms with Crippen molar-refractivity contribution in [1.82, 2.24) is 0 Å². The Morgan fingerprint density at radius 1 is 0.525 bits per heavy atom. The lowest BCUT2D eigenvalue weighted by atomic mass is 9.64. The molecule has 3 aliphatic carbocycles. The summed E-state index contributed by atoms with van der Waals surface area (Å²) in [5.41, 5.74) is 3.18. The van der Waals surface area contributed by atoms with Crippen molar-refractivity contribution < 1.29 is 4.39 Å². The molecule has 0 bridgehead atoms. The van der Waals surface area contributed by atoms with Crippen LogP contribution in [0.4, 0.5) is 4.39 Å². The number of halogens is 1. The van der Waals surface area contributed by atoms with Gasteiger partial charge in [0.15, 0.2) is 0 Å². The van der Waals surface area contributed by atoms with E-state index in [-0.39, 0.29) is 6.67 Å². The molecule has 3 fully saturated rings. The molecule has 0 N–H and O–H groups in total. The molecule has 0 saturated heterocycles. The van der Waals surface area contributed by atoms with E-state index in [1.807, 2.05) is 0 Å². The van der Waals surface area contributed by atoms with E-state index >= 15 is 0 Å². The van der Waals surface area contributed by atoms with Gasteiger partial charge in [0.1, 0.15) is 0 Å². The SMILES string of the molecule is CCCCCCCc1ccc([C@H]2CC[C@H]([C@H]3CC[C@H]([C@H]4CC[C@H](CCCCCCCCF)CC4)CC3)CC2)cc1. The highest BCUT2D eigenvalue weighted by Gasteiger charge is 2.34. The maximum atomic E-state index is 12.2. The molecule has 0 unspecified atom stereocenters. The van der Waals surface area contributed by atoms with Crippen LogP contribution in [0.2, 0.25) is 0 Å². The van der Waals surface area contributed by atoms with Gasteiger partial charge in [0.25, 0.3) is 0 Å². The number of unbranched alkanes of at least 4 members (excludes halogenated alkanes) is 9. The lowest BCUT2D eigenvalue weighted by Gasteiger charge is -2.41. The first-order chi connectivity index (χ1) is 19.8. The molecule has 228 valence electrons. The average molecular weight is 553 g/mol. The second kappa shape index (κ2) is 18.6. The molecule has 0 heterocycles. The van der Waals surface area contributed by atoms with Crippen molar-refractivity contribution in [2.45, 2.75) is 173 Å². The molecule has 0 aromatic heterocycles. The number of benzene rings is 1. The van der Waals surface area contributed by atoms with Crippen LogP contribution < -0.4 is 0 Å². The highest BCUT2D eigenvalue weighted by atomic mass is 19.1. The van der Waals surface area contributed by atoms with E-state index in [9.17, 15) is 4.39 Å². The fraction of sp³-hybridized carbons (Fsp3) is 0.846. The Hall–Kier alpha value is -0.850. The Labute approximate surface area is 249 Å². The third-order valence-corrected chi connectivity index (χ3v) is 11.8. The average Bonchev–Trinajstić information content (AvgIpc) is 3.01. The molecule has 0 radical (unpaired) electrons. The van der Waals surface area contributed by atoms with Crippen LogP contribution in [0.3, 0.4) is 0 Å². The fourth-order valence-corrected chi connectivity index (χ4v) is 9.08. The molecule has 0 nitrogen and oxygen atoms in total. The van der Waals surface area contributed by atoms with Crippen molar-refractivity contribution in [1.29, 1.82) is 0 Å².